The topological polar surface area (TPSA) is 133 Å². The summed E-state index contributed by atoms with van der Waals surface area (Å²) in [6.45, 7) is 5.47. The van der Waals surface area contributed by atoms with Crippen molar-refractivity contribution in [3.63, 3.8) is 0 Å². The van der Waals surface area contributed by atoms with Crippen LogP contribution in [0.25, 0.3) is 0 Å². The number of hydrogen-bond donors (Lipinski definition) is 3. The fourth-order valence-electron chi connectivity index (χ4n) is 3.25. The Bertz CT molecular complexity index is 606. The van der Waals surface area contributed by atoms with E-state index in [1.54, 1.807) is 20.8 Å². The van der Waals surface area contributed by atoms with Crippen LogP contribution >= 0.6 is 0 Å². The van der Waals surface area contributed by atoms with Crippen molar-refractivity contribution in [2.75, 3.05) is 12.8 Å². The van der Waals surface area contributed by atoms with Crippen molar-refractivity contribution in [2.24, 2.45) is 11.8 Å². The molecule has 25 heavy (non-hydrogen) atoms. The van der Waals surface area contributed by atoms with E-state index >= 15 is 0 Å². The molecule has 4 atom stereocenters. The van der Waals surface area contributed by atoms with Crippen LogP contribution in [0.5, 0.6) is 0 Å². The maximum Gasteiger partial charge on any atom is 0.405 e. The van der Waals surface area contributed by atoms with Gasteiger partial charge in [0.05, 0.1) is 12.3 Å². The lowest BCUT2D eigenvalue weighted by Gasteiger charge is -2.35. The zero-order valence-corrected chi connectivity index (χ0v) is 15.7. The summed E-state index contributed by atoms with van der Waals surface area (Å²) < 4.78 is 25.7. The van der Waals surface area contributed by atoms with Gasteiger partial charge in [0, 0.05) is 18.5 Å². The van der Waals surface area contributed by atoms with Gasteiger partial charge in [0.1, 0.15) is 12.3 Å². The lowest BCUT2D eigenvalue weighted by Crippen LogP contribution is -2.56. The van der Waals surface area contributed by atoms with Crippen LogP contribution in [-0.2, 0) is 19.6 Å². The molecular formula is C15H27N3O6S. The van der Waals surface area contributed by atoms with E-state index in [1.807, 2.05) is 0 Å². The quantitative estimate of drug-likeness (QED) is 0.511. The van der Waals surface area contributed by atoms with E-state index < -0.39 is 46.1 Å². The van der Waals surface area contributed by atoms with Gasteiger partial charge in [0.25, 0.3) is 0 Å². The molecule has 0 radical (unpaired) electrons. The molecule has 2 amide bonds. The highest BCUT2D eigenvalue weighted by atomic mass is 32.2. The van der Waals surface area contributed by atoms with Gasteiger partial charge in [-0.05, 0) is 18.8 Å². The molecule has 3 N–H and O–H groups in total. The molecule has 0 saturated carbocycles. The lowest BCUT2D eigenvalue weighted by atomic mass is 9.92. The molecule has 0 aromatic heterocycles. The van der Waals surface area contributed by atoms with Crippen molar-refractivity contribution in [1.29, 1.82) is 0 Å². The molecule has 1 aliphatic heterocycles. The highest BCUT2D eigenvalue weighted by Gasteiger charge is 2.44. The third-order valence-corrected chi connectivity index (χ3v) is 5.13. The summed E-state index contributed by atoms with van der Waals surface area (Å²) in [4.78, 5) is 36.8. The first-order valence-corrected chi connectivity index (χ1v) is 10.1. The summed E-state index contributed by atoms with van der Waals surface area (Å²) >= 11 is 0. The SMILES string of the molecule is CCC(C=O)C1C(NS(C)(=O)=O)CCN1C(=O)C(NC(=O)O)C(C)C. The highest BCUT2D eigenvalue weighted by molar-refractivity contribution is 7.88. The Morgan fingerprint density at radius 1 is 1.36 bits per heavy atom. The number of nitrogens with zero attached hydrogens (tertiary/aromatic N) is 1. The van der Waals surface area contributed by atoms with E-state index in [1.165, 1.54) is 4.90 Å². The Labute approximate surface area is 148 Å². The molecule has 1 fully saturated rings. The maximum absolute atomic E-state index is 12.9. The Morgan fingerprint density at radius 3 is 2.36 bits per heavy atom. The minimum absolute atomic E-state index is 0.256. The van der Waals surface area contributed by atoms with Crippen LogP contribution in [0, 0.1) is 11.8 Å². The molecule has 1 heterocycles. The summed E-state index contributed by atoms with van der Waals surface area (Å²) in [5, 5.41) is 11.2. The van der Waals surface area contributed by atoms with Gasteiger partial charge in [-0.15, -0.1) is 0 Å². The maximum atomic E-state index is 12.9. The number of aldehydes is 1. The van der Waals surface area contributed by atoms with Crippen LogP contribution < -0.4 is 10.0 Å². The van der Waals surface area contributed by atoms with Gasteiger partial charge < -0.3 is 20.1 Å². The number of sulfonamides is 1. The summed E-state index contributed by atoms with van der Waals surface area (Å²) in [5.41, 5.74) is 0. The molecule has 0 spiro atoms. The van der Waals surface area contributed by atoms with Gasteiger partial charge in [-0.3, -0.25) is 4.79 Å². The average Bonchev–Trinajstić information content (AvgIpc) is 2.87. The summed E-state index contributed by atoms with van der Waals surface area (Å²) in [6.07, 6.45) is 1.25. The molecule has 9 nitrogen and oxygen atoms in total. The number of hydrogen-bond acceptors (Lipinski definition) is 5. The zero-order chi connectivity index (χ0) is 19.4. The van der Waals surface area contributed by atoms with Crippen molar-refractivity contribution in [1.82, 2.24) is 14.9 Å². The van der Waals surface area contributed by atoms with Gasteiger partial charge in [-0.2, -0.15) is 0 Å². The molecule has 10 heteroatoms. The summed E-state index contributed by atoms with van der Waals surface area (Å²) in [5.74, 6) is -1.27. The Hall–Kier alpha value is -1.68. The van der Waals surface area contributed by atoms with Crippen LogP contribution in [0.1, 0.15) is 33.6 Å². The van der Waals surface area contributed by atoms with E-state index in [-0.39, 0.29) is 12.5 Å². The van der Waals surface area contributed by atoms with E-state index in [0.717, 1.165) is 12.5 Å². The number of nitrogens with one attached hydrogen (secondary N) is 2. The Kier molecular flexibility index (Phi) is 7.36. The van der Waals surface area contributed by atoms with E-state index in [2.05, 4.69) is 10.0 Å². The van der Waals surface area contributed by atoms with Gasteiger partial charge in [-0.25, -0.2) is 17.9 Å². The van der Waals surface area contributed by atoms with Crippen molar-refractivity contribution in [2.45, 2.75) is 51.7 Å². The average molecular weight is 377 g/mol. The number of likely N-dealkylation sites (tertiary alicyclic amines) is 1. The van der Waals surface area contributed by atoms with Gasteiger partial charge in [-0.1, -0.05) is 20.8 Å². The van der Waals surface area contributed by atoms with Crippen molar-refractivity contribution >= 4 is 28.3 Å². The molecule has 1 aliphatic rings. The van der Waals surface area contributed by atoms with Crippen molar-refractivity contribution in [3.05, 3.63) is 0 Å². The van der Waals surface area contributed by atoms with E-state index in [0.29, 0.717) is 12.8 Å². The van der Waals surface area contributed by atoms with Crippen molar-refractivity contribution < 1.29 is 27.9 Å². The van der Waals surface area contributed by atoms with Gasteiger partial charge >= 0.3 is 6.09 Å². The second-order valence-electron chi connectivity index (χ2n) is 6.69. The smallest absolute Gasteiger partial charge is 0.405 e. The molecule has 0 bridgehead atoms. The standard InChI is InChI=1S/C15H27N3O6S/c1-5-10(8-19)13-11(17-25(4,23)24)6-7-18(13)14(20)12(9(2)3)16-15(21)22/h8-13,16-17H,5-7H2,1-4H3,(H,21,22). The molecule has 1 rings (SSSR count). The third kappa shape index (κ3) is 5.67. The highest BCUT2D eigenvalue weighted by Crippen LogP contribution is 2.28. The summed E-state index contributed by atoms with van der Waals surface area (Å²) in [7, 11) is -3.51. The first-order valence-electron chi connectivity index (χ1n) is 8.24. The van der Waals surface area contributed by atoms with Crippen LogP contribution in [0.15, 0.2) is 0 Å². The monoisotopic (exact) mass is 377 g/mol. The molecule has 4 unspecified atom stereocenters. The predicted octanol–water partition coefficient (Wildman–Crippen LogP) is 0.0224. The van der Waals surface area contributed by atoms with Crippen molar-refractivity contribution in [3.8, 4) is 0 Å². The van der Waals surface area contributed by atoms with Gasteiger partial charge in [0.2, 0.25) is 15.9 Å². The van der Waals surface area contributed by atoms with E-state index in [4.69, 9.17) is 5.11 Å². The number of carbonyl (C=O) groups excluding carboxylic acids is 2. The van der Waals surface area contributed by atoms with Crippen LogP contribution in [0.2, 0.25) is 0 Å². The first-order chi connectivity index (χ1) is 11.5. The summed E-state index contributed by atoms with van der Waals surface area (Å²) in [6, 6.07) is -2.17. The predicted molar refractivity (Wildman–Crippen MR) is 91.5 cm³/mol. The van der Waals surface area contributed by atoms with Gasteiger partial charge in [0.15, 0.2) is 0 Å². The Morgan fingerprint density at radius 2 is 1.96 bits per heavy atom. The zero-order valence-electron chi connectivity index (χ0n) is 14.9. The molecule has 144 valence electrons. The van der Waals surface area contributed by atoms with Crippen LogP contribution in [-0.4, -0.2) is 67.6 Å². The largest absolute Gasteiger partial charge is 0.465 e. The molecule has 0 aromatic carbocycles. The molecule has 0 aliphatic carbocycles. The number of carboxylic acid groups (broad SMARTS) is 1. The fourth-order valence-corrected chi connectivity index (χ4v) is 4.06. The number of carbonyl (C=O) groups is 3. The first kappa shape index (κ1) is 21.4. The lowest BCUT2D eigenvalue weighted by molar-refractivity contribution is -0.137. The molecule has 0 aromatic rings. The second-order valence-corrected chi connectivity index (χ2v) is 8.47. The normalized spacial score (nSPS) is 23.3. The fraction of sp³-hybridized carbons (Fsp3) is 0.800. The van der Waals surface area contributed by atoms with Crippen LogP contribution in [0.3, 0.4) is 0 Å². The van der Waals surface area contributed by atoms with E-state index in [9.17, 15) is 22.8 Å². The minimum Gasteiger partial charge on any atom is -0.465 e. The number of amides is 2. The Balaban J connectivity index is 3.15. The second kappa shape index (κ2) is 8.61. The number of rotatable bonds is 8. The molecular weight excluding hydrogens is 350 g/mol. The third-order valence-electron chi connectivity index (χ3n) is 4.40. The minimum atomic E-state index is -3.51. The molecule has 1 saturated heterocycles. The van der Waals surface area contributed by atoms with Crippen LogP contribution in [0.4, 0.5) is 4.79 Å².